The van der Waals surface area contributed by atoms with E-state index in [1.54, 1.807) is 13.3 Å². The summed E-state index contributed by atoms with van der Waals surface area (Å²) in [4.78, 5) is 14.5. The molecule has 1 atom stereocenters. The maximum atomic E-state index is 12.5. The van der Waals surface area contributed by atoms with E-state index in [-0.39, 0.29) is 5.91 Å². The molecular formula is C18H23N3O2. The van der Waals surface area contributed by atoms with Gasteiger partial charge in [-0.15, -0.1) is 0 Å². The fourth-order valence-electron chi connectivity index (χ4n) is 3.15. The number of carbonyl (C=O) groups is 1. The molecule has 2 heterocycles. The Hall–Kier alpha value is -2.30. The molecule has 3 rings (SSSR count). The molecule has 1 fully saturated rings. The zero-order chi connectivity index (χ0) is 16.1. The summed E-state index contributed by atoms with van der Waals surface area (Å²) in [7, 11) is 1.66. The summed E-state index contributed by atoms with van der Waals surface area (Å²) in [5.74, 6) is 1.47. The number of likely N-dealkylation sites (tertiary alicyclic amines) is 1. The van der Waals surface area contributed by atoms with Gasteiger partial charge in [0.15, 0.2) is 0 Å². The van der Waals surface area contributed by atoms with Gasteiger partial charge < -0.3 is 9.64 Å². The Morgan fingerprint density at radius 2 is 2.17 bits per heavy atom. The number of hydrogen-bond acceptors (Lipinski definition) is 3. The minimum absolute atomic E-state index is 0.241. The molecule has 0 unspecified atom stereocenters. The predicted molar refractivity (Wildman–Crippen MR) is 88.5 cm³/mol. The molecule has 1 N–H and O–H groups in total. The average Bonchev–Trinajstić information content (AvgIpc) is 3.15. The zero-order valence-corrected chi connectivity index (χ0v) is 13.5. The fraction of sp³-hybridized carbons (Fsp3) is 0.444. The Labute approximate surface area is 136 Å². The second kappa shape index (κ2) is 7.31. The van der Waals surface area contributed by atoms with Crippen molar-refractivity contribution in [3.05, 3.63) is 47.8 Å². The van der Waals surface area contributed by atoms with Crippen molar-refractivity contribution < 1.29 is 9.53 Å². The van der Waals surface area contributed by atoms with Crippen LogP contribution in [-0.2, 0) is 11.2 Å². The average molecular weight is 313 g/mol. The largest absolute Gasteiger partial charge is 0.497 e. The topological polar surface area (TPSA) is 58.2 Å². The maximum absolute atomic E-state index is 12.5. The standard InChI is InChI=1S/C18H23N3O2/c1-23-16-7-4-14(5-8-16)6-9-18(22)21-12-2-3-15(13-21)17-10-11-19-20-17/h4-5,7-8,10-11,15H,2-3,6,9,12-13H2,1H3,(H,19,20)/t15-/m0/s1. The molecule has 122 valence electrons. The lowest BCUT2D eigenvalue weighted by Crippen LogP contribution is -2.39. The van der Waals surface area contributed by atoms with Crippen LogP contribution in [0.1, 0.15) is 36.4 Å². The highest BCUT2D eigenvalue weighted by atomic mass is 16.5. The van der Waals surface area contributed by atoms with Crippen LogP contribution in [0.25, 0.3) is 0 Å². The van der Waals surface area contributed by atoms with Crippen molar-refractivity contribution in [1.29, 1.82) is 0 Å². The van der Waals surface area contributed by atoms with Crippen LogP contribution in [0.4, 0.5) is 0 Å². The molecule has 5 heteroatoms. The Morgan fingerprint density at radius 1 is 1.35 bits per heavy atom. The van der Waals surface area contributed by atoms with Gasteiger partial charge in [0.05, 0.1) is 7.11 Å². The first-order chi connectivity index (χ1) is 11.3. The molecule has 5 nitrogen and oxygen atoms in total. The Kier molecular flexibility index (Phi) is 4.95. The minimum atomic E-state index is 0.241. The van der Waals surface area contributed by atoms with Gasteiger partial charge in [0, 0.05) is 37.3 Å². The third kappa shape index (κ3) is 3.92. The van der Waals surface area contributed by atoms with E-state index in [1.165, 1.54) is 5.56 Å². The van der Waals surface area contributed by atoms with Crippen molar-refractivity contribution in [3.63, 3.8) is 0 Å². The van der Waals surface area contributed by atoms with Crippen LogP contribution in [0.2, 0.25) is 0 Å². The number of hydrogen-bond donors (Lipinski definition) is 1. The van der Waals surface area contributed by atoms with Gasteiger partial charge in [0.25, 0.3) is 0 Å². The summed E-state index contributed by atoms with van der Waals surface area (Å²) >= 11 is 0. The van der Waals surface area contributed by atoms with Crippen LogP contribution in [0.3, 0.4) is 0 Å². The SMILES string of the molecule is COc1ccc(CCC(=O)N2CCC[C@H](c3ccn[nH]3)C2)cc1. The van der Waals surface area contributed by atoms with Crippen LogP contribution in [0.5, 0.6) is 5.75 Å². The van der Waals surface area contributed by atoms with Crippen molar-refractivity contribution in [2.24, 2.45) is 0 Å². The van der Waals surface area contributed by atoms with Crippen molar-refractivity contribution >= 4 is 5.91 Å². The number of aromatic nitrogens is 2. The third-order valence-corrected chi connectivity index (χ3v) is 4.52. The number of carbonyl (C=O) groups excluding carboxylic acids is 1. The molecule has 23 heavy (non-hydrogen) atoms. The number of H-pyrrole nitrogens is 1. The molecule has 0 bridgehead atoms. The molecular weight excluding hydrogens is 290 g/mol. The Bertz CT molecular complexity index is 622. The molecule has 1 saturated heterocycles. The molecule has 1 amide bonds. The smallest absolute Gasteiger partial charge is 0.222 e. The fourth-order valence-corrected chi connectivity index (χ4v) is 3.15. The molecule has 0 radical (unpaired) electrons. The Morgan fingerprint density at radius 3 is 2.87 bits per heavy atom. The number of methoxy groups -OCH3 is 1. The number of amides is 1. The lowest BCUT2D eigenvalue weighted by atomic mass is 9.94. The highest BCUT2D eigenvalue weighted by molar-refractivity contribution is 5.76. The normalized spacial score (nSPS) is 18.0. The van der Waals surface area contributed by atoms with Crippen LogP contribution < -0.4 is 4.74 Å². The van der Waals surface area contributed by atoms with Crippen LogP contribution >= 0.6 is 0 Å². The summed E-state index contributed by atoms with van der Waals surface area (Å²) < 4.78 is 5.15. The lowest BCUT2D eigenvalue weighted by Gasteiger charge is -2.32. The first-order valence-corrected chi connectivity index (χ1v) is 8.16. The van der Waals surface area contributed by atoms with Gasteiger partial charge in [0.2, 0.25) is 5.91 Å². The van der Waals surface area contributed by atoms with Crippen molar-refractivity contribution in [2.45, 2.75) is 31.6 Å². The Balaban J connectivity index is 1.53. The number of nitrogens with zero attached hydrogens (tertiary/aromatic N) is 2. The predicted octanol–water partition coefficient (Wildman–Crippen LogP) is 2.76. The van der Waals surface area contributed by atoms with Gasteiger partial charge in [-0.1, -0.05) is 12.1 Å². The van der Waals surface area contributed by atoms with Gasteiger partial charge >= 0.3 is 0 Å². The highest BCUT2D eigenvalue weighted by Crippen LogP contribution is 2.25. The molecule has 0 spiro atoms. The number of rotatable bonds is 5. The van der Waals surface area contributed by atoms with Crippen LogP contribution in [0, 0.1) is 0 Å². The maximum Gasteiger partial charge on any atom is 0.222 e. The minimum Gasteiger partial charge on any atom is -0.497 e. The summed E-state index contributed by atoms with van der Waals surface area (Å²) in [6.07, 6.45) is 5.28. The number of aromatic amines is 1. The number of benzene rings is 1. The third-order valence-electron chi connectivity index (χ3n) is 4.52. The summed E-state index contributed by atoms with van der Waals surface area (Å²) in [6.45, 7) is 1.66. The van der Waals surface area contributed by atoms with Gasteiger partial charge in [0.1, 0.15) is 5.75 Å². The number of aryl methyl sites for hydroxylation is 1. The quantitative estimate of drug-likeness (QED) is 0.923. The number of nitrogens with one attached hydrogen (secondary N) is 1. The van der Waals surface area contributed by atoms with Crippen LogP contribution in [0.15, 0.2) is 36.5 Å². The zero-order valence-electron chi connectivity index (χ0n) is 13.5. The van der Waals surface area contributed by atoms with E-state index in [2.05, 4.69) is 10.2 Å². The second-order valence-corrected chi connectivity index (χ2v) is 6.04. The molecule has 0 aliphatic carbocycles. The molecule has 2 aromatic rings. The van der Waals surface area contributed by atoms with Crippen molar-refractivity contribution in [1.82, 2.24) is 15.1 Å². The van der Waals surface area contributed by atoms with E-state index in [4.69, 9.17) is 4.74 Å². The number of piperidine rings is 1. The van der Waals surface area contributed by atoms with E-state index >= 15 is 0 Å². The summed E-state index contributed by atoms with van der Waals surface area (Å²) in [5, 5.41) is 7.05. The second-order valence-electron chi connectivity index (χ2n) is 6.04. The molecule has 1 aromatic carbocycles. The van der Waals surface area contributed by atoms with E-state index in [0.717, 1.165) is 43.8 Å². The van der Waals surface area contributed by atoms with Gasteiger partial charge in [-0.25, -0.2) is 0 Å². The van der Waals surface area contributed by atoms with Gasteiger partial charge in [-0.05, 0) is 43.0 Å². The van der Waals surface area contributed by atoms with Crippen LogP contribution in [-0.4, -0.2) is 41.2 Å². The lowest BCUT2D eigenvalue weighted by molar-refractivity contribution is -0.132. The van der Waals surface area contributed by atoms with Crippen molar-refractivity contribution in [3.8, 4) is 5.75 Å². The van der Waals surface area contributed by atoms with Gasteiger partial charge in [-0.2, -0.15) is 5.10 Å². The summed E-state index contributed by atoms with van der Waals surface area (Å²) in [5.41, 5.74) is 2.30. The number of ether oxygens (including phenoxy) is 1. The van der Waals surface area contributed by atoms with Gasteiger partial charge in [-0.3, -0.25) is 9.89 Å². The highest BCUT2D eigenvalue weighted by Gasteiger charge is 2.25. The first-order valence-electron chi connectivity index (χ1n) is 8.16. The van der Waals surface area contributed by atoms with E-state index in [9.17, 15) is 4.79 Å². The first kappa shape index (κ1) is 15.6. The van der Waals surface area contributed by atoms with E-state index in [0.29, 0.717) is 12.3 Å². The molecule has 1 aromatic heterocycles. The molecule has 1 aliphatic heterocycles. The molecule has 0 saturated carbocycles. The van der Waals surface area contributed by atoms with Crippen molar-refractivity contribution in [2.75, 3.05) is 20.2 Å². The van der Waals surface area contributed by atoms with E-state index in [1.807, 2.05) is 35.2 Å². The summed E-state index contributed by atoms with van der Waals surface area (Å²) in [6, 6.07) is 9.94. The monoisotopic (exact) mass is 313 g/mol. The van der Waals surface area contributed by atoms with E-state index < -0.39 is 0 Å². The molecule has 1 aliphatic rings.